The molecule has 0 bridgehead atoms. The number of benzene rings is 2. The van der Waals surface area contributed by atoms with E-state index < -0.39 is 15.6 Å². The molecule has 4 nitrogen and oxygen atoms in total. The van der Waals surface area contributed by atoms with Crippen molar-refractivity contribution in [1.29, 1.82) is 0 Å². The van der Waals surface area contributed by atoms with Crippen molar-refractivity contribution >= 4 is 21.6 Å². The normalized spacial score (nSPS) is 12.1. The molecule has 2 aromatic carbocycles. The number of aryl methyl sites for hydroxylation is 1. The van der Waals surface area contributed by atoms with E-state index in [-0.39, 0.29) is 4.90 Å². The van der Waals surface area contributed by atoms with E-state index in [1.54, 1.807) is 30.5 Å². The highest BCUT2D eigenvalue weighted by molar-refractivity contribution is 7.89. The van der Waals surface area contributed by atoms with Gasteiger partial charge in [0, 0.05) is 6.20 Å². The number of hydrogen-bond donors (Lipinski definition) is 1. The largest absolute Gasteiger partial charge is 0.245 e. The Kier molecular flexibility index (Phi) is 5.38. The molecule has 6 heteroatoms. The molecule has 3 rings (SSSR count). The van der Waals surface area contributed by atoms with Gasteiger partial charge in [0.15, 0.2) is 0 Å². The molecule has 0 radical (unpaired) electrons. The number of sulfonamides is 1. The van der Waals surface area contributed by atoms with Crippen molar-refractivity contribution < 1.29 is 8.42 Å². The Morgan fingerprint density at radius 1 is 0.963 bits per heavy atom. The third kappa shape index (κ3) is 4.56. The molecule has 140 valence electrons. The SMILES string of the molecule is Cc1cccc(S(=O)(=O)NC(C)(C)c2cccc(-c3ccnc(Cl)c3)c2)c1. The van der Waals surface area contributed by atoms with E-state index >= 15 is 0 Å². The molecule has 1 heterocycles. The topological polar surface area (TPSA) is 59.1 Å². The summed E-state index contributed by atoms with van der Waals surface area (Å²) < 4.78 is 28.5. The van der Waals surface area contributed by atoms with Gasteiger partial charge in [-0.1, -0.05) is 41.9 Å². The average molecular weight is 401 g/mol. The van der Waals surface area contributed by atoms with Gasteiger partial charge in [-0.05, 0) is 73.4 Å². The number of rotatable bonds is 5. The molecule has 0 saturated carbocycles. The highest BCUT2D eigenvalue weighted by atomic mass is 35.5. The van der Waals surface area contributed by atoms with Gasteiger partial charge in [-0.3, -0.25) is 0 Å². The van der Waals surface area contributed by atoms with Crippen LogP contribution in [0.25, 0.3) is 11.1 Å². The second-order valence-electron chi connectivity index (χ2n) is 7.00. The van der Waals surface area contributed by atoms with Crippen LogP contribution in [0.2, 0.25) is 5.15 Å². The number of pyridine rings is 1. The lowest BCUT2D eigenvalue weighted by molar-refractivity contribution is 0.472. The Hall–Kier alpha value is -2.21. The molecule has 0 atom stereocenters. The van der Waals surface area contributed by atoms with Crippen LogP contribution in [-0.2, 0) is 15.6 Å². The highest BCUT2D eigenvalue weighted by Gasteiger charge is 2.28. The van der Waals surface area contributed by atoms with Crippen LogP contribution in [-0.4, -0.2) is 13.4 Å². The van der Waals surface area contributed by atoms with E-state index in [1.165, 1.54) is 0 Å². The van der Waals surface area contributed by atoms with E-state index in [4.69, 9.17) is 11.6 Å². The van der Waals surface area contributed by atoms with Gasteiger partial charge in [-0.2, -0.15) is 0 Å². The quantitative estimate of drug-likeness (QED) is 0.618. The second kappa shape index (κ2) is 7.43. The third-order valence-electron chi connectivity index (χ3n) is 4.33. The highest BCUT2D eigenvalue weighted by Crippen LogP contribution is 2.28. The molecule has 0 spiro atoms. The summed E-state index contributed by atoms with van der Waals surface area (Å²) in [4.78, 5) is 4.26. The minimum atomic E-state index is -3.65. The first kappa shape index (κ1) is 19.5. The van der Waals surface area contributed by atoms with Crippen molar-refractivity contribution in [2.24, 2.45) is 0 Å². The fraction of sp³-hybridized carbons (Fsp3) is 0.190. The summed E-state index contributed by atoms with van der Waals surface area (Å²) in [6.07, 6.45) is 1.65. The van der Waals surface area contributed by atoms with Crippen LogP contribution in [0.5, 0.6) is 0 Å². The number of nitrogens with zero attached hydrogens (tertiary/aromatic N) is 1. The van der Waals surface area contributed by atoms with Crippen LogP contribution >= 0.6 is 11.6 Å². The van der Waals surface area contributed by atoms with Crippen LogP contribution in [0.4, 0.5) is 0 Å². The lowest BCUT2D eigenvalue weighted by Gasteiger charge is -2.27. The third-order valence-corrected chi connectivity index (χ3v) is 6.19. The minimum absolute atomic E-state index is 0.257. The van der Waals surface area contributed by atoms with Gasteiger partial charge in [-0.25, -0.2) is 18.1 Å². The van der Waals surface area contributed by atoms with Crippen molar-refractivity contribution in [3.63, 3.8) is 0 Å². The zero-order valence-electron chi connectivity index (χ0n) is 15.4. The Labute approximate surface area is 165 Å². The summed E-state index contributed by atoms with van der Waals surface area (Å²) in [6.45, 7) is 5.56. The molecule has 0 saturated heterocycles. The summed E-state index contributed by atoms with van der Waals surface area (Å²) in [5.74, 6) is 0. The summed E-state index contributed by atoms with van der Waals surface area (Å²) in [7, 11) is -3.65. The summed E-state index contributed by atoms with van der Waals surface area (Å²) in [5, 5.41) is 0.414. The predicted molar refractivity (Wildman–Crippen MR) is 109 cm³/mol. The van der Waals surface area contributed by atoms with Gasteiger partial charge in [0.25, 0.3) is 0 Å². The van der Waals surface area contributed by atoms with Crippen LogP contribution in [0.1, 0.15) is 25.0 Å². The molecule has 27 heavy (non-hydrogen) atoms. The standard InChI is InChI=1S/C21H21ClN2O2S/c1-15-6-4-9-19(12-15)27(25,26)24-21(2,3)18-8-5-7-16(13-18)17-10-11-23-20(22)14-17/h4-14,24H,1-3H3. The molecule has 0 aliphatic heterocycles. The van der Waals surface area contributed by atoms with Gasteiger partial charge < -0.3 is 0 Å². The van der Waals surface area contributed by atoms with E-state index in [2.05, 4.69) is 9.71 Å². The molecule has 1 aromatic heterocycles. The van der Waals surface area contributed by atoms with E-state index in [0.29, 0.717) is 5.15 Å². The van der Waals surface area contributed by atoms with Gasteiger partial charge in [-0.15, -0.1) is 0 Å². The molecular weight excluding hydrogens is 380 g/mol. The Balaban J connectivity index is 1.94. The summed E-state index contributed by atoms with van der Waals surface area (Å²) in [5.41, 5.74) is 2.82. The van der Waals surface area contributed by atoms with Crippen molar-refractivity contribution in [1.82, 2.24) is 9.71 Å². The molecule has 0 aliphatic carbocycles. The minimum Gasteiger partial charge on any atom is -0.245 e. The molecule has 0 fully saturated rings. The monoisotopic (exact) mass is 400 g/mol. The van der Waals surface area contributed by atoms with Crippen molar-refractivity contribution in [2.45, 2.75) is 31.2 Å². The number of aromatic nitrogens is 1. The fourth-order valence-corrected chi connectivity index (χ4v) is 4.59. The van der Waals surface area contributed by atoms with Crippen LogP contribution in [0.3, 0.4) is 0 Å². The average Bonchev–Trinajstić information content (AvgIpc) is 2.61. The zero-order chi connectivity index (χ0) is 19.7. The van der Waals surface area contributed by atoms with Crippen LogP contribution in [0.15, 0.2) is 71.8 Å². The first-order chi connectivity index (χ1) is 12.7. The van der Waals surface area contributed by atoms with Gasteiger partial charge >= 0.3 is 0 Å². The van der Waals surface area contributed by atoms with Crippen molar-refractivity contribution in [3.05, 3.63) is 83.1 Å². The van der Waals surface area contributed by atoms with Gasteiger partial charge in [0.2, 0.25) is 10.0 Å². The van der Waals surface area contributed by atoms with Crippen molar-refractivity contribution in [3.8, 4) is 11.1 Å². The zero-order valence-corrected chi connectivity index (χ0v) is 17.0. The van der Waals surface area contributed by atoms with Crippen molar-refractivity contribution in [2.75, 3.05) is 0 Å². The first-order valence-corrected chi connectivity index (χ1v) is 10.4. The Morgan fingerprint density at radius 2 is 1.67 bits per heavy atom. The summed E-state index contributed by atoms with van der Waals surface area (Å²) >= 11 is 5.99. The Bertz CT molecular complexity index is 1080. The van der Waals surface area contributed by atoms with E-state index in [9.17, 15) is 8.42 Å². The van der Waals surface area contributed by atoms with Crippen LogP contribution in [0, 0.1) is 6.92 Å². The molecular formula is C21H21ClN2O2S. The fourth-order valence-electron chi connectivity index (χ4n) is 2.91. The predicted octanol–water partition coefficient (Wildman–Crippen LogP) is 4.92. The van der Waals surface area contributed by atoms with Crippen LogP contribution < -0.4 is 4.72 Å². The maximum Gasteiger partial charge on any atom is 0.241 e. The lowest BCUT2D eigenvalue weighted by Crippen LogP contribution is -2.40. The maximum absolute atomic E-state index is 12.8. The number of nitrogens with one attached hydrogen (secondary N) is 1. The molecule has 0 aliphatic rings. The molecule has 0 unspecified atom stereocenters. The summed E-state index contributed by atoms with van der Waals surface area (Å²) in [6, 6.07) is 18.3. The van der Waals surface area contributed by atoms with E-state index in [0.717, 1.165) is 22.3 Å². The molecule has 1 N–H and O–H groups in total. The van der Waals surface area contributed by atoms with Gasteiger partial charge in [0.05, 0.1) is 10.4 Å². The lowest BCUT2D eigenvalue weighted by atomic mass is 9.92. The Morgan fingerprint density at radius 3 is 2.37 bits per heavy atom. The van der Waals surface area contributed by atoms with E-state index in [1.807, 2.05) is 57.2 Å². The maximum atomic E-state index is 12.8. The first-order valence-electron chi connectivity index (χ1n) is 8.50. The number of hydrogen-bond acceptors (Lipinski definition) is 3. The van der Waals surface area contributed by atoms with Gasteiger partial charge in [0.1, 0.15) is 5.15 Å². The smallest absolute Gasteiger partial charge is 0.241 e. The molecule has 0 amide bonds. The second-order valence-corrected chi connectivity index (χ2v) is 9.06. The number of halogens is 1. The molecule has 3 aromatic rings.